The largest absolute Gasteiger partial charge is 0.450 e. The molecular weight excluding hydrogens is 289 g/mol. The fourth-order valence-corrected chi connectivity index (χ4v) is 2.23. The monoisotopic (exact) mass is 301 g/mol. The fraction of sp³-hybridized carbons (Fsp3) is 0.133. The highest BCUT2D eigenvalue weighted by Crippen LogP contribution is 2.36. The summed E-state index contributed by atoms with van der Waals surface area (Å²) in [7, 11) is 1.79. The number of halogens is 1. The van der Waals surface area contributed by atoms with Crippen molar-refractivity contribution >= 4 is 16.6 Å². The smallest absolute Gasteiger partial charge is 0.312 e. The Bertz CT molecular complexity index is 889. The topological polar surface area (TPSA) is 70.2 Å². The molecule has 1 heterocycles. The van der Waals surface area contributed by atoms with Crippen LogP contribution in [-0.2, 0) is 7.05 Å². The number of aryl methyl sites for hydroxylation is 1. The van der Waals surface area contributed by atoms with Gasteiger partial charge in [-0.25, -0.2) is 4.39 Å². The summed E-state index contributed by atoms with van der Waals surface area (Å²) < 4.78 is 20.9. The molecule has 0 atom stereocenters. The van der Waals surface area contributed by atoms with Crippen LogP contribution in [-0.4, -0.2) is 14.7 Å². The number of aromatic nitrogens is 2. The second kappa shape index (κ2) is 5.10. The van der Waals surface area contributed by atoms with E-state index in [0.717, 1.165) is 17.5 Å². The Balaban J connectivity index is 2.07. The van der Waals surface area contributed by atoms with Crippen LogP contribution >= 0.6 is 0 Å². The average molecular weight is 301 g/mol. The fourth-order valence-electron chi connectivity index (χ4n) is 2.23. The highest BCUT2D eigenvalue weighted by molar-refractivity contribution is 5.79. The van der Waals surface area contributed by atoms with Crippen LogP contribution in [0.2, 0.25) is 0 Å². The van der Waals surface area contributed by atoms with Crippen molar-refractivity contribution in [3.8, 4) is 11.5 Å². The maximum atomic E-state index is 13.7. The molecule has 0 unspecified atom stereocenters. The van der Waals surface area contributed by atoms with Gasteiger partial charge in [0.05, 0.1) is 10.4 Å². The Kier molecular flexibility index (Phi) is 3.25. The molecule has 0 spiro atoms. The molecule has 1 aromatic heterocycles. The van der Waals surface area contributed by atoms with Crippen molar-refractivity contribution in [2.24, 2.45) is 7.05 Å². The summed E-state index contributed by atoms with van der Waals surface area (Å²) in [6.07, 6.45) is 1.84. The van der Waals surface area contributed by atoms with Gasteiger partial charge in [0, 0.05) is 36.3 Å². The maximum absolute atomic E-state index is 13.7. The highest BCUT2D eigenvalue weighted by atomic mass is 19.1. The van der Waals surface area contributed by atoms with E-state index in [-0.39, 0.29) is 17.0 Å². The second-order valence-electron chi connectivity index (χ2n) is 4.90. The van der Waals surface area contributed by atoms with Crippen molar-refractivity contribution in [2.75, 3.05) is 0 Å². The van der Waals surface area contributed by atoms with Gasteiger partial charge in [-0.3, -0.25) is 14.8 Å². The van der Waals surface area contributed by atoms with Gasteiger partial charge in [0.25, 0.3) is 0 Å². The minimum atomic E-state index is -0.596. The zero-order valence-electron chi connectivity index (χ0n) is 11.9. The summed E-state index contributed by atoms with van der Waals surface area (Å²) in [4.78, 5) is 10.5. The minimum absolute atomic E-state index is 0.0929. The molecule has 0 aliphatic carbocycles. The molecular formula is C15H12FN3O3. The lowest BCUT2D eigenvalue weighted by atomic mass is 10.2. The summed E-state index contributed by atoms with van der Waals surface area (Å²) in [6, 6.07) is 7.26. The third kappa shape index (κ3) is 2.37. The van der Waals surface area contributed by atoms with E-state index in [1.54, 1.807) is 29.9 Å². The molecule has 0 bridgehead atoms. The van der Waals surface area contributed by atoms with E-state index in [2.05, 4.69) is 5.10 Å². The third-order valence-corrected chi connectivity index (χ3v) is 3.33. The Morgan fingerprint density at radius 3 is 2.82 bits per heavy atom. The number of hydrogen-bond donors (Lipinski definition) is 0. The molecule has 0 saturated carbocycles. The lowest BCUT2D eigenvalue weighted by Gasteiger charge is -2.09. The van der Waals surface area contributed by atoms with E-state index in [1.165, 1.54) is 6.92 Å². The number of nitrogens with zero attached hydrogens (tertiary/aromatic N) is 3. The van der Waals surface area contributed by atoms with Gasteiger partial charge in [-0.05, 0) is 25.1 Å². The first-order valence-electron chi connectivity index (χ1n) is 6.50. The van der Waals surface area contributed by atoms with Crippen LogP contribution in [0.4, 0.5) is 10.1 Å². The van der Waals surface area contributed by atoms with Crippen LogP contribution in [0.15, 0.2) is 36.5 Å². The van der Waals surface area contributed by atoms with E-state index < -0.39 is 10.7 Å². The molecule has 0 aliphatic rings. The Morgan fingerprint density at radius 1 is 1.32 bits per heavy atom. The van der Waals surface area contributed by atoms with Crippen LogP contribution in [0.1, 0.15) is 5.56 Å². The van der Waals surface area contributed by atoms with Gasteiger partial charge in [-0.2, -0.15) is 5.10 Å². The van der Waals surface area contributed by atoms with E-state index in [0.29, 0.717) is 11.3 Å². The Morgan fingerprint density at radius 2 is 2.09 bits per heavy atom. The Labute approximate surface area is 124 Å². The average Bonchev–Trinajstić information content (AvgIpc) is 2.83. The standard InChI is InChI=1S/C15H12FN3O3/c1-9-12(16)5-6-14(19(20)21)15(9)22-11-4-3-10-8-18(2)17-13(10)7-11/h3-8H,1-2H3. The summed E-state index contributed by atoms with van der Waals surface area (Å²) in [5.74, 6) is -0.289. The predicted molar refractivity (Wildman–Crippen MR) is 78.6 cm³/mol. The van der Waals surface area contributed by atoms with Crippen LogP contribution in [0.25, 0.3) is 10.9 Å². The first kappa shape index (κ1) is 14.0. The van der Waals surface area contributed by atoms with Gasteiger partial charge < -0.3 is 4.74 Å². The number of rotatable bonds is 3. The van der Waals surface area contributed by atoms with Gasteiger partial charge in [0.2, 0.25) is 5.75 Å². The lowest BCUT2D eigenvalue weighted by Crippen LogP contribution is -1.97. The van der Waals surface area contributed by atoms with E-state index in [9.17, 15) is 14.5 Å². The van der Waals surface area contributed by atoms with Crippen LogP contribution in [0, 0.1) is 22.9 Å². The normalized spacial score (nSPS) is 10.9. The van der Waals surface area contributed by atoms with Crippen molar-refractivity contribution in [3.05, 3.63) is 58.0 Å². The molecule has 22 heavy (non-hydrogen) atoms. The van der Waals surface area contributed by atoms with E-state index in [4.69, 9.17) is 4.74 Å². The summed E-state index contributed by atoms with van der Waals surface area (Å²) >= 11 is 0. The van der Waals surface area contributed by atoms with Gasteiger partial charge in [0.1, 0.15) is 11.6 Å². The molecule has 112 valence electrons. The molecule has 2 aromatic carbocycles. The quantitative estimate of drug-likeness (QED) is 0.546. The van der Waals surface area contributed by atoms with Crippen LogP contribution < -0.4 is 4.74 Å². The number of hydrogen-bond acceptors (Lipinski definition) is 4. The lowest BCUT2D eigenvalue weighted by molar-refractivity contribution is -0.385. The number of nitro groups is 1. The van der Waals surface area contributed by atoms with Crippen molar-refractivity contribution in [1.29, 1.82) is 0 Å². The zero-order valence-corrected chi connectivity index (χ0v) is 11.9. The predicted octanol–water partition coefficient (Wildman–Crippen LogP) is 3.72. The van der Waals surface area contributed by atoms with Gasteiger partial charge >= 0.3 is 5.69 Å². The molecule has 7 heteroatoms. The number of ether oxygens (including phenoxy) is 1. The van der Waals surface area contributed by atoms with Crippen molar-refractivity contribution in [2.45, 2.75) is 6.92 Å². The zero-order chi connectivity index (χ0) is 15.9. The molecule has 0 amide bonds. The second-order valence-corrected chi connectivity index (χ2v) is 4.90. The van der Waals surface area contributed by atoms with E-state index in [1.807, 2.05) is 6.20 Å². The van der Waals surface area contributed by atoms with Gasteiger partial charge in [0.15, 0.2) is 0 Å². The minimum Gasteiger partial charge on any atom is -0.450 e. The van der Waals surface area contributed by atoms with Crippen molar-refractivity contribution in [3.63, 3.8) is 0 Å². The molecule has 6 nitrogen and oxygen atoms in total. The third-order valence-electron chi connectivity index (χ3n) is 3.33. The van der Waals surface area contributed by atoms with Crippen LogP contribution in [0.3, 0.4) is 0 Å². The summed E-state index contributed by atoms with van der Waals surface area (Å²) in [5, 5.41) is 16.2. The maximum Gasteiger partial charge on any atom is 0.312 e. The SMILES string of the molecule is Cc1c(F)ccc([N+](=O)[O-])c1Oc1ccc2cn(C)nc2c1. The molecule has 0 radical (unpaired) electrons. The van der Waals surface area contributed by atoms with Crippen molar-refractivity contribution in [1.82, 2.24) is 9.78 Å². The van der Waals surface area contributed by atoms with Gasteiger partial charge in [-0.1, -0.05) is 0 Å². The molecule has 0 aliphatic heterocycles. The first-order valence-corrected chi connectivity index (χ1v) is 6.50. The number of benzene rings is 2. The number of fused-ring (bicyclic) bond motifs is 1. The summed E-state index contributed by atoms with van der Waals surface area (Å²) in [5.41, 5.74) is 0.507. The van der Waals surface area contributed by atoms with Gasteiger partial charge in [-0.15, -0.1) is 0 Å². The number of nitro benzene ring substituents is 1. The molecule has 0 saturated heterocycles. The highest BCUT2D eigenvalue weighted by Gasteiger charge is 2.21. The van der Waals surface area contributed by atoms with E-state index >= 15 is 0 Å². The summed E-state index contributed by atoms with van der Waals surface area (Å²) in [6.45, 7) is 1.44. The molecule has 3 aromatic rings. The van der Waals surface area contributed by atoms with Crippen molar-refractivity contribution < 1.29 is 14.1 Å². The van der Waals surface area contributed by atoms with Crippen LogP contribution in [0.5, 0.6) is 11.5 Å². The molecule has 0 fully saturated rings. The Hall–Kier alpha value is -2.96. The molecule has 0 N–H and O–H groups in total. The molecule has 3 rings (SSSR count). The first-order chi connectivity index (χ1) is 10.5.